The van der Waals surface area contributed by atoms with Crippen molar-refractivity contribution in [3.8, 4) is 0 Å². The first-order chi connectivity index (χ1) is 12.6. The summed E-state index contributed by atoms with van der Waals surface area (Å²) >= 11 is 7.76. The van der Waals surface area contributed by atoms with Gasteiger partial charge in [-0.1, -0.05) is 35.5 Å². The van der Waals surface area contributed by atoms with Gasteiger partial charge in [-0.05, 0) is 12.1 Å². The van der Waals surface area contributed by atoms with E-state index in [1.165, 1.54) is 24.0 Å². The van der Waals surface area contributed by atoms with E-state index >= 15 is 0 Å². The molecule has 0 aliphatic carbocycles. The minimum Gasteiger partial charge on any atom is -0.367 e. The standard InChI is InChI=1S/C18H19ClN4O2S/c19-14-3-1-2-4-15(14)21-7-9-22(10-8-21)17(25)13-11-23-16(24)5-6-20-18(23)26-12-13/h1-6,13H,7-12H2. The quantitative estimate of drug-likeness (QED) is 0.734. The van der Waals surface area contributed by atoms with Crippen LogP contribution in [0, 0.1) is 5.92 Å². The lowest BCUT2D eigenvalue weighted by Crippen LogP contribution is -2.52. The second-order valence-corrected chi connectivity index (χ2v) is 7.84. The van der Waals surface area contributed by atoms with Gasteiger partial charge in [-0.25, -0.2) is 4.98 Å². The van der Waals surface area contributed by atoms with Gasteiger partial charge in [0.25, 0.3) is 5.56 Å². The van der Waals surface area contributed by atoms with Crippen LogP contribution >= 0.6 is 23.4 Å². The van der Waals surface area contributed by atoms with Crippen molar-refractivity contribution in [2.24, 2.45) is 5.92 Å². The van der Waals surface area contributed by atoms with Crippen LogP contribution < -0.4 is 10.5 Å². The highest BCUT2D eigenvalue weighted by Crippen LogP contribution is 2.28. The van der Waals surface area contributed by atoms with Gasteiger partial charge in [0.15, 0.2) is 5.16 Å². The van der Waals surface area contributed by atoms with E-state index < -0.39 is 0 Å². The maximum atomic E-state index is 12.9. The van der Waals surface area contributed by atoms with E-state index in [4.69, 9.17) is 11.6 Å². The molecule has 0 spiro atoms. The number of aromatic nitrogens is 2. The van der Waals surface area contributed by atoms with Crippen molar-refractivity contribution >= 4 is 35.0 Å². The van der Waals surface area contributed by atoms with E-state index in [1.54, 1.807) is 4.57 Å². The Kier molecular flexibility index (Phi) is 4.91. The summed E-state index contributed by atoms with van der Waals surface area (Å²) in [5, 5.41) is 1.43. The number of piperazine rings is 1. The number of thioether (sulfide) groups is 1. The Balaban J connectivity index is 1.41. The maximum Gasteiger partial charge on any atom is 0.254 e. The summed E-state index contributed by atoms with van der Waals surface area (Å²) < 4.78 is 1.61. The fraction of sp³-hybridized carbons (Fsp3) is 0.389. The van der Waals surface area contributed by atoms with Crippen LogP contribution in [0.3, 0.4) is 0 Å². The maximum absolute atomic E-state index is 12.9. The van der Waals surface area contributed by atoms with Gasteiger partial charge in [-0.2, -0.15) is 0 Å². The van der Waals surface area contributed by atoms with Gasteiger partial charge in [0, 0.05) is 50.7 Å². The van der Waals surface area contributed by atoms with Crippen LogP contribution in [0.1, 0.15) is 0 Å². The summed E-state index contributed by atoms with van der Waals surface area (Å²) in [7, 11) is 0. The highest BCUT2D eigenvalue weighted by Gasteiger charge is 2.31. The van der Waals surface area contributed by atoms with Crippen LogP contribution in [0.2, 0.25) is 5.02 Å². The third-order valence-corrected chi connectivity index (χ3v) is 6.32. The van der Waals surface area contributed by atoms with Crippen molar-refractivity contribution in [3.05, 3.63) is 51.9 Å². The summed E-state index contributed by atoms with van der Waals surface area (Å²) in [6.45, 7) is 3.26. The first-order valence-corrected chi connectivity index (χ1v) is 9.97. The fourth-order valence-electron chi connectivity index (χ4n) is 3.43. The topological polar surface area (TPSA) is 58.4 Å². The molecule has 0 saturated carbocycles. The number of nitrogens with zero attached hydrogens (tertiary/aromatic N) is 4. The third kappa shape index (κ3) is 3.33. The molecule has 8 heteroatoms. The van der Waals surface area contributed by atoms with Gasteiger partial charge in [0.2, 0.25) is 5.91 Å². The van der Waals surface area contributed by atoms with Crippen LogP contribution in [0.5, 0.6) is 0 Å². The van der Waals surface area contributed by atoms with E-state index in [2.05, 4.69) is 9.88 Å². The van der Waals surface area contributed by atoms with E-state index in [9.17, 15) is 9.59 Å². The molecule has 2 aliphatic heterocycles. The van der Waals surface area contributed by atoms with Gasteiger partial charge in [-0.3, -0.25) is 14.2 Å². The molecule has 4 rings (SSSR count). The van der Waals surface area contributed by atoms with E-state index in [0.29, 0.717) is 30.5 Å². The number of hydrogen-bond donors (Lipinski definition) is 0. The van der Waals surface area contributed by atoms with E-state index in [1.807, 2.05) is 29.2 Å². The van der Waals surface area contributed by atoms with Gasteiger partial charge >= 0.3 is 0 Å². The predicted molar refractivity (Wildman–Crippen MR) is 103 cm³/mol. The van der Waals surface area contributed by atoms with Crippen LogP contribution in [-0.4, -0.2) is 52.3 Å². The number of hydrogen-bond acceptors (Lipinski definition) is 5. The molecule has 1 fully saturated rings. The minimum absolute atomic E-state index is 0.0939. The van der Waals surface area contributed by atoms with Crippen LogP contribution in [0.25, 0.3) is 0 Å². The van der Waals surface area contributed by atoms with Gasteiger partial charge in [-0.15, -0.1) is 0 Å². The first-order valence-electron chi connectivity index (χ1n) is 8.60. The van der Waals surface area contributed by atoms with Crippen LogP contribution in [0.4, 0.5) is 5.69 Å². The summed E-state index contributed by atoms with van der Waals surface area (Å²) in [6, 6.07) is 9.23. The number of benzene rings is 1. The molecule has 1 amide bonds. The SMILES string of the molecule is O=C(C1CSc2nccc(=O)n2C1)N1CCN(c2ccccc2Cl)CC1. The van der Waals surface area contributed by atoms with Crippen LogP contribution in [-0.2, 0) is 11.3 Å². The first kappa shape index (κ1) is 17.4. The van der Waals surface area contributed by atoms with Crippen molar-refractivity contribution < 1.29 is 4.79 Å². The van der Waals surface area contributed by atoms with Crippen molar-refractivity contribution in [2.45, 2.75) is 11.7 Å². The number of amides is 1. The Morgan fingerprint density at radius 1 is 1.15 bits per heavy atom. The number of halogens is 1. The van der Waals surface area contributed by atoms with Crippen molar-refractivity contribution in [3.63, 3.8) is 0 Å². The molecule has 3 heterocycles. The highest BCUT2D eigenvalue weighted by atomic mass is 35.5. The smallest absolute Gasteiger partial charge is 0.254 e. The number of fused-ring (bicyclic) bond motifs is 1. The number of anilines is 1. The van der Waals surface area contributed by atoms with Crippen molar-refractivity contribution in [1.29, 1.82) is 0 Å². The zero-order chi connectivity index (χ0) is 18.1. The number of rotatable bonds is 2. The van der Waals surface area contributed by atoms with Gasteiger partial charge in [0.1, 0.15) is 0 Å². The second kappa shape index (κ2) is 7.32. The molecule has 0 N–H and O–H groups in total. The summed E-state index contributed by atoms with van der Waals surface area (Å²) in [5.74, 6) is 0.610. The molecule has 0 bridgehead atoms. The molecular weight excluding hydrogens is 372 g/mol. The molecule has 1 saturated heterocycles. The number of para-hydroxylation sites is 1. The molecule has 6 nitrogen and oxygen atoms in total. The molecule has 0 radical (unpaired) electrons. The zero-order valence-corrected chi connectivity index (χ0v) is 15.7. The lowest BCUT2D eigenvalue weighted by Gasteiger charge is -2.38. The summed E-state index contributed by atoms with van der Waals surface area (Å²) in [4.78, 5) is 33.3. The Morgan fingerprint density at radius 3 is 2.69 bits per heavy atom. The molecular formula is C18H19ClN4O2S. The molecule has 2 aromatic rings. The molecule has 2 aliphatic rings. The zero-order valence-electron chi connectivity index (χ0n) is 14.2. The Labute approximate surface area is 160 Å². The van der Waals surface area contributed by atoms with Crippen molar-refractivity contribution in [2.75, 3.05) is 36.8 Å². The molecule has 1 atom stereocenters. The summed E-state index contributed by atoms with van der Waals surface area (Å²) in [5.41, 5.74) is 0.921. The average molecular weight is 391 g/mol. The minimum atomic E-state index is -0.179. The number of carbonyl (C=O) groups excluding carboxylic acids is 1. The molecule has 1 unspecified atom stereocenters. The van der Waals surface area contributed by atoms with Crippen LogP contribution in [0.15, 0.2) is 46.5 Å². The molecule has 136 valence electrons. The molecule has 26 heavy (non-hydrogen) atoms. The Bertz CT molecular complexity index is 879. The van der Waals surface area contributed by atoms with E-state index in [-0.39, 0.29) is 17.4 Å². The van der Waals surface area contributed by atoms with E-state index in [0.717, 1.165) is 23.8 Å². The molecule has 1 aromatic carbocycles. The third-order valence-electron chi connectivity index (χ3n) is 4.85. The molecule has 1 aromatic heterocycles. The second-order valence-electron chi connectivity index (χ2n) is 6.45. The van der Waals surface area contributed by atoms with Gasteiger partial charge < -0.3 is 9.80 Å². The predicted octanol–water partition coefficient (Wildman–Crippen LogP) is 1.97. The Hall–Kier alpha value is -1.99. The van der Waals surface area contributed by atoms with Gasteiger partial charge in [0.05, 0.1) is 16.6 Å². The number of carbonyl (C=O) groups is 1. The fourth-order valence-corrected chi connectivity index (χ4v) is 4.74. The highest BCUT2D eigenvalue weighted by molar-refractivity contribution is 7.99. The van der Waals surface area contributed by atoms with Crippen molar-refractivity contribution in [1.82, 2.24) is 14.5 Å². The lowest BCUT2D eigenvalue weighted by atomic mass is 10.1. The normalized spacial score (nSPS) is 20.0. The Morgan fingerprint density at radius 2 is 1.92 bits per heavy atom. The lowest BCUT2D eigenvalue weighted by molar-refractivity contribution is -0.135. The average Bonchev–Trinajstić information content (AvgIpc) is 2.68. The monoisotopic (exact) mass is 390 g/mol. The largest absolute Gasteiger partial charge is 0.367 e. The summed E-state index contributed by atoms with van der Waals surface area (Å²) in [6.07, 6.45) is 1.53.